The van der Waals surface area contributed by atoms with Gasteiger partial charge in [-0.05, 0) is 0 Å². The number of carbonyl (C=O) groups is 2. The van der Waals surface area contributed by atoms with Crippen LogP contribution in [0, 0.1) is 0 Å². The van der Waals surface area contributed by atoms with E-state index in [1.807, 2.05) is 0 Å². The third-order valence-corrected chi connectivity index (χ3v) is 1.24. The van der Waals surface area contributed by atoms with Crippen LogP contribution in [-0.4, -0.2) is 58.7 Å². The van der Waals surface area contributed by atoms with Gasteiger partial charge in [0.2, 0.25) is 0 Å². The van der Waals surface area contributed by atoms with Crippen molar-refractivity contribution in [3.05, 3.63) is 12.2 Å². The van der Waals surface area contributed by atoms with Gasteiger partial charge in [-0.25, -0.2) is 4.79 Å². The molecule has 0 aliphatic heterocycles. The molecule has 0 radical (unpaired) electrons. The highest BCUT2D eigenvalue weighted by atomic mass is 16.4. The van der Waals surface area contributed by atoms with Crippen LogP contribution in [0.25, 0.3) is 0 Å². The van der Waals surface area contributed by atoms with Crippen molar-refractivity contribution >= 4 is 11.9 Å². The maximum absolute atomic E-state index is 9.87. The van der Waals surface area contributed by atoms with Gasteiger partial charge < -0.3 is 25.7 Å². The molecule has 0 atom stereocenters. The molecular formula is C9H17NO6. The molecule has 16 heavy (non-hydrogen) atoms. The molecule has 0 saturated carbocycles. The highest BCUT2D eigenvalue weighted by molar-refractivity contribution is 5.91. The molecule has 0 aliphatic carbocycles. The van der Waals surface area contributed by atoms with Gasteiger partial charge in [-0.3, -0.25) is 4.79 Å². The van der Waals surface area contributed by atoms with Gasteiger partial charge in [0.05, 0.1) is 19.6 Å². The van der Waals surface area contributed by atoms with E-state index in [2.05, 4.69) is 11.9 Å². The molecule has 0 aromatic heterocycles. The second kappa shape index (κ2) is 11.6. The van der Waals surface area contributed by atoms with E-state index in [4.69, 9.17) is 20.4 Å². The van der Waals surface area contributed by atoms with Crippen LogP contribution in [0.5, 0.6) is 0 Å². The maximum Gasteiger partial charge on any atom is 0.331 e. The van der Waals surface area contributed by atoms with Gasteiger partial charge in [0.15, 0.2) is 0 Å². The van der Waals surface area contributed by atoms with E-state index in [1.165, 1.54) is 0 Å². The van der Waals surface area contributed by atoms with Crippen LogP contribution < -0.4 is 5.32 Å². The number of carboxylic acid groups (broad SMARTS) is 2. The van der Waals surface area contributed by atoms with Crippen molar-refractivity contribution < 1.29 is 30.0 Å². The van der Waals surface area contributed by atoms with Gasteiger partial charge >= 0.3 is 11.9 Å². The summed E-state index contributed by atoms with van der Waals surface area (Å²) in [6.45, 7) is 4.43. The molecule has 0 aromatic rings. The molecule has 0 saturated heterocycles. The predicted octanol–water partition coefficient (Wildman–Crippen LogP) is -1.34. The average molecular weight is 235 g/mol. The van der Waals surface area contributed by atoms with Crippen molar-refractivity contribution in [2.45, 2.75) is 6.42 Å². The zero-order chi connectivity index (χ0) is 13.0. The first kappa shape index (κ1) is 17.0. The molecule has 7 nitrogen and oxygen atoms in total. The summed E-state index contributed by atoms with van der Waals surface area (Å²) in [4.78, 5) is 19.7. The minimum Gasteiger partial charge on any atom is -0.481 e. The van der Waals surface area contributed by atoms with Gasteiger partial charge in [-0.15, -0.1) is 0 Å². The minimum atomic E-state index is -1.27. The highest BCUT2D eigenvalue weighted by Gasteiger charge is 2.07. The Labute approximate surface area is 93.0 Å². The Morgan fingerprint density at radius 1 is 1.06 bits per heavy atom. The van der Waals surface area contributed by atoms with Crippen LogP contribution in [0.3, 0.4) is 0 Å². The smallest absolute Gasteiger partial charge is 0.331 e. The molecule has 0 fully saturated rings. The summed E-state index contributed by atoms with van der Waals surface area (Å²) >= 11 is 0. The molecule has 0 unspecified atom stereocenters. The summed E-state index contributed by atoms with van der Waals surface area (Å²) in [5.41, 5.74) is -0.303. The number of aliphatic hydroxyl groups is 2. The second-order valence-corrected chi connectivity index (χ2v) is 2.68. The van der Waals surface area contributed by atoms with E-state index in [0.717, 1.165) is 0 Å². The summed E-state index contributed by atoms with van der Waals surface area (Å²) < 4.78 is 0. The quantitative estimate of drug-likeness (QED) is 0.273. The van der Waals surface area contributed by atoms with Gasteiger partial charge in [0.1, 0.15) is 0 Å². The zero-order valence-corrected chi connectivity index (χ0v) is 8.85. The van der Waals surface area contributed by atoms with Crippen LogP contribution in [0.15, 0.2) is 12.2 Å². The number of hydrogen-bond donors (Lipinski definition) is 5. The number of rotatable bonds is 7. The Morgan fingerprint density at radius 2 is 1.50 bits per heavy atom. The van der Waals surface area contributed by atoms with Crippen LogP contribution in [-0.2, 0) is 9.59 Å². The number of aliphatic carboxylic acids is 2. The van der Waals surface area contributed by atoms with Crippen molar-refractivity contribution in [2.75, 3.05) is 26.3 Å². The minimum absolute atomic E-state index is 0.139. The lowest BCUT2D eigenvalue weighted by molar-refractivity contribution is -0.139. The largest absolute Gasteiger partial charge is 0.481 e. The van der Waals surface area contributed by atoms with E-state index in [-0.39, 0.29) is 18.8 Å². The molecule has 0 amide bonds. The van der Waals surface area contributed by atoms with E-state index in [9.17, 15) is 9.59 Å². The Kier molecular flexibility index (Phi) is 12.3. The molecule has 5 N–H and O–H groups in total. The number of carboxylic acids is 2. The third kappa shape index (κ3) is 15.1. The first-order valence-electron chi connectivity index (χ1n) is 4.51. The molecule has 0 aromatic carbocycles. The third-order valence-electron chi connectivity index (χ3n) is 1.24. The predicted molar refractivity (Wildman–Crippen MR) is 56.1 cm³/mol. The molecule has 0 heterocycles. The monoisotopic (exact) mass is 235 g/mol. The lowest BCUT2D eigenvalue weighted by Crippen LogP contribution is -2.21. The summed E-state index contributed by atoms with van der Waals surface area (Å²) in [5, 5.41) is 35.2. The van der Waals surface area contributed by atoms with Crippen molar-refractivity contribution in [3.8, 4) is 0 Å². The van der Waals surface area contributed by atoms with Crippen LogP contribution >= 0.6 is 0 Å². The van der Waals surface area contributed by atoms with Gasteiger partial charge in [-0.2, -0.15) is 0 Å². The Morgan fingerprint density at radius 3 is 1.69 bits per heavy atom. The number of nitrogens with one attached hydrogen (secondary N) is 1. The maximum atomic E-state index is 9.87. The normalized spacial score (nSPS) is 8.88. The van der Waals surface area contributed by atoms with Crippen molar-refractivity contribution in [2.24, 2.45) is 0 Å². The van der Waals surface area contributed by atoms with Gasteiger partial charge in [0.25, 0.3) is 0 Å². The summed E-state index contributed by atoms with van der Waals surface area (Å²) in [6, 6.07) is 0. The zero-order valence-electron chi connectivity index (χ0n) is 8.85. The fraction of sp³-hybridized carbons (Fsp3) is 0.556. The van der Waals surface area contributed by atoms with Crippen LogP contribution in [0.4, 0.5) is 0 Å². The first-order chi connectivity index (χ1) is 7.45. The summed E-state index contributed by atoms with van der Waals surface area (Å²) in [5.74, 6) is -2.44. The SMILES string of the molecule is C=C(CC(=O)O)C(=O)O.OCCNCCO. The number of aliphatic hydroxyl groups excluding tert-OH is 2. The standard InChI is InChI=1S/C5H6O4.C4H11NO2/c1-3(5(8)9)2-4(6)7;6-3-1-5-2-4-7/h1-2H2,(H,6,7)(H,8,9);5-7H,1-4H2. The van der Waals surface area contributed by atoms with Gasteiger partial charge in [0, 0.05) is 18.7 Å². The fourth-order valence-electron chi connectivity index (χ4n) is 0.541. The van der Waals surface area contributed by atoms with Crippen molar-refractivity contribution in [3.63, 3.8) is 0 Å². The molecule has 7 heteroatoms. The lowest BCUT2D eigenvalue weighted by Gasteiger charge is -1.94. The van der Waals surface area contributed by atoms with E-state index in [1.54, 1.807) is 0 Å². The van der Waals surface area contributed by atoms with Crippen LogP contribution in [0.2, 0.25) is 0 Å². The summed E-state index contributed by atoms with van der Waals surface area (Å²) in [6.07, 6.45) is -0.505. The Hall–Kier alpha value is -1.44. The molecular weight excluding hydrogens is 218 g/mol. The lowest BCUT2D eigenvalue weighted by atomic mass is 10.2. The first-order valence-corrected chi connectivity index (χ1v) is 4.51. The van der Waals surface area contributed by atoms with E-state index >= 15 is 0 Å². The molecule has 0 bridgehead atoms. The fourth-order valence-corrected chi connectivity index (χ4v) is 0.541. The van der Waals surface area contributed by atoms with Gasteiger partial charge in [-0.1, -0.05) is 6.58 Å². The molecule has 0 rings (SSSR count). The van der Waals surface area contributed by atoms with E-state index < -0.39 is 18.4 Å². The number of hydrogen-bond acceptors (Lipinski definition) is 5. The van der Waals surface area contributed by atoms with Crippen molar-refractivity contribution in [1.29, 1.82) is 0 Å². The topological polar surface area (TPSA) is 127 Å². The highest BCUT2D eigenvalue weighted by Crippen LogP contribution is 1.95. The van der Waals surface area contributed by atoms with E-state index in [0.29, 0.717) is 13.1 Å². The molecule has 94 valence electrons. The molecule has 0 spiro atoms. The second-order valence-electron chi connectivity index (χ2n) is 2.68. The summed E-state index contributed by atoms with van der Waals surface area (Å²) in [7, 11) is 0. The molecule has 0 aliphatic rings. The Balaban J connectivity index is 0. The average Bonchev–Trinajstić information content (AvgIpc) is 2.18. The van der Waals surface area contributed by atoms with Crippen LogP contribution in [0.1, 0.15) is 6.42 Å². The Bertz CT molecular complexity index is 224. The van der Waals surface area contributed by atoms with Crippen molar-refractivity contribution in [1.82, 2.24) is 5.32 Å².